The Morgan fingerprint density at radius 2 is 0.852 bits per heavy atom. The third-order valence-corrected chi connectivity index (χ3v) is 31.1. The average molecular weight is 1650 g/mol. The van der Waals surface area contributed by atoms with Crippen molar-refractivity contribution in [2.75, 3.05) is 27.8 Å². The molecule has 0 spiro atoms. The van der Waals surface area contributed by atoms with Crippen LogP contribution in [0.1, 0.15) is 366 Å². The third-order valence-electron chi connectivity index (χ3n) is 25.2. The molecule has 662 valence electrons. The second-order valence-corrected chi connectivity index (χ2v) is 42.5. The summed E-state index contributed by atoms with van der Waals surface area (Å²) in [5.74, 6) is 15.1. The summed E-state index contributed by atoms with van der Waals surface area (Å²) in [5.41, 5.74) is 2.31. The van der Waals surface area contributed by atoms with Gasteiger partial charge in [0, 0.05) is 69.5 Å². The Morgan fingerprint density at radius 3 is 1.29 bits per heavy atom. The Morgan fingerprint density at radius 1 is 0.478 bits per heavy atom. The van der Waals surface area contributed by atoms with Gasteiger partial charge in [0.2, 0.25) is 0 Å². The fourth-order valence-electron chi connectivity index (χ4n) is 16.9. The summed E-state index contributed by atoms with van der Waals surface area (Å²) in [6, 6.07) is 6.87. The van der Waals surface area contributed by atoms with Crippen molar-refractivity contribution in [1.82, 2.24) is 0 Å². The second-order valence-electron chi connectivity index (χ2n) is 36.2. The second kappa shape index (κ2) is 57.0. The van der Waals surface area contributed by atoms with Gasteiger partial charge < -0.3 is 51.8 Å². The van der Waals surface area contributed by atoms with Crippen LogP contribution in [0.4, 0.5) is 0 Å². The summed E-state index contributed by atoms with van der Waals surface area (Å²) >= 11 is 0. The maximum Gasteiger partial charge on any atom is 0.334 e. The Balaban J connectivity index is 0.000000477. The van der Waals surface area contributed by atoms with E-state index in [1.807, 2.05) is 45.1 Å². The van der Waals surface area contributed by atoms with Crippen LogP contribution < -0.4 is 0 Å². The first kappa shape index (κ1) is 104. The first-order chi connectivity index (χ1) is 54.2. The van der Waals surface area contributed by atoms with E-state index in [0.29, 0.717) is 73.2 Å². The highest BCUT2D eigenvalue weighted by atomic mass is 32.2. The van der Waals surface area contributed by atoms with E-state index in [2.05, 4.69) is 99.1 Å². The van der Waals surface area contributed by atoms with Gasteiger partial charge in [0.15, 0.2) is 8.32 Å². The van der Waals surface area contributed by atoms with Gasteiger partial charge in [0.1, 0.15) is 25.8 Å². The predicted octanol–water partition coefficient (Wildman–Crippen LogP) is 24.5. The van der Waals surface area contributed by atoms with Gasteiger partial charge in [0.05, 0.1) is 72.0 Å². The Bertz CT molecular complexity index is 3110. The molecule has 18 atom stereocenters. The zero-order valence-corrected chi connectivity index (χ0v) is 75.7. The maximum absolute atomic E-state index is 13.3. The molecule has 6 aliphatic heterocycles. The summed E-state index contributed by atoms with van der Waals surface area (Å²) in [6.45, 7) is 31.4. The van der Waals surface area contributed by atoms with Crippen LogP contribution in [0.2, 0.25) is 18.1 Å². The molecule has 115 heavy (non-hydrogen) atoms. The topological polar surface area (TPSA) is 179 Å². The van der Waals surface area contributed by atoms with E-state index in [1.54, 1.807) is 26.4 Å². The summed E-state index contributed by atoms with van der Waals surface area (Å²) < 4.78 is 98.7. The van der Waals surface area contributed by atoms with E-state index in [0.717, 1.165) is 121 Å². The Kier molecular flexibility index (Phi) is 51.5. The van der Waals surface area contributed by atoms with E-state index in [9.17, 15) is 18.0 Å². The number of hydrogen-bond acceptors (Lipinski definition) is 16. The van der Waals surface area contributed by atoms with Crippen LogP contribution in [0.15, 0.2) is 52.5 Å². The number of hydrogen-bond donors (Lipinski definition) is 0. The highest BCUT2D eigenvalue weighted by Gasteiger charge is 2.43. The lowest BCUT2D eigenvalue weighted by Gasteiger charge is -2.39. The van der Waals surface area contributed by atoms with Gasteiger partial charge in [0.25, 0.3) is 10.1 Å². The average Bonchev–Trinajstić information content (AvgIpc) is 1.52. The number of cyclic esters (lactones) is 2. The lowest BCUT2D eigenvalue weighted by molar-refractivity contribution is -0.140. The molecule has 18 heteroatoms. The number of carbonyl (C=O) groups is 2. The van der Waals surface area contributed by atoms with E-state index in [4.69, 9.17) is 56.0 Å². The SMILES string of the molecule is C.C.CCCCCCCCCC[C@@H](C)C1CC[C@H]([C@H]2CC[C@H](C(C)C#CCCC(CCC#CCC(CC3=C[C@H](C)OC3=O)OCOC)O[Si](C)(C)C(C)(C)C)O2)O1.CCCCCCCCCC[C@@H](C)C1CC[C@H]([C@H]2CC[C@H](C(C)CCCCC(CCCCCC(CC3=C[C@H](C)OC3=O)OCOC)OS(=O)(=O)c3ccc(C)cc3)O2)O1. The molecule has 4 saturated heterocycles. The Hall–Kier alpha value is -3.47. The number of methoxy groups -OCH3 is 2. The number of rotatable bonds is 55. The van der Waals surface area contributed by atoms with Crippen molar-refractivity contribution in [2.45, 2.75) is 476 Å². The van der Waals surface area contributed by atoms with Crippen molar-refractivity contribution in [2.24, 2.45) is 23.7 Å². The lowest BCUT2D eigenvalue weighted by atomic mass is 9.94. The molecule has 6 aliphatic rings. The molecule has 0 bridgehead atoms. The quantitative estimate of drug-likeness (QED) is 0.0150. The third kappa shape index (κ3) is 39.5. The normalized spacial score (nSPS) is 24.3. The summed E-state index contributed by atoms with van der Waals surface area (Å²) in [6.07, 6.45) is 50.6. The monoisotopic (exact) mass is 1650 g/mol. The fraction of sp³-hybridized carbons (Fsp3) is 0.835. The summed E-state index contributed by atoms with van der Waals surface area (Å²) in [4.78, 5) is 24.5. The molecule has 0 radical (unpaired) electrons. The van der Waals surface area contributed by atoms with Crippen molar-refractivity contribution >= 4 is 30.4 Å². The van der Waals surface area contributed by atoms with Gasteiger partial charge in [-0.2, -0.15) is 8.42 Å². The predicted molar refractivity (Wildman–Crippen MR) is 472 cm³/mol. The molecule has 16 nitrogen and oxygen atoms in total. The molecule has 0 aromatic heterocycles. The number of ether oxygens (including phenoxy) is 10. The van der Waals surface area contributed by atoms with Crippen molar-refractivity contribution in [3.63, 3.8) is 0 Å². The van der Waals surface area contributed by atoms with Crippen LogP contribution in [0.25, 0.3) is 0 Å². The molecule has 0 saturated carbocycles. The molecule has 8 unspecified atom stereocenters. The number of esters is 2. The number of carbonyl (C=O) groups excluding carboxylic acids is 2. The molecular formula is C97H168O16SSi. The van der Waals surface area contributed by atoms with Crippen LogP contribution in [-0.2, 0) is 75.7 Å². The smallest absolute Gasteiger partial charge is 0.334 e. The zero-order valence-electron chi connectivity index (χ0n) is 73.9. The van der Waals surface area contributed by atoms with Gasteiger partial charge in [-0.25, -0.2) is 9.59 Å². The van der Waals surface area contributed by atoms with Crippen molar-refractivity contribution in [3.05, 3.63) is 53.1 Å². The lowest BCUT2D eigenvalue weighted by Crippen LogP contribution is -2.43. The van der Waals surface area contributed by atoms with Crippen molar-refractivity contribution in [3.8, 4) is 23.7 Å². The van der Waals surface area contributed by atoms with Gasteiger partial charge >= 0.3 is 11.9 Å². The number of unbranched alkanes of at least 4 members (excludes halogenated alkanes) is 17. The number of aryl methyl sites for hydroxylation is 1. The van der Waals surface area contributed by atoms with Crippen molar-refractivity contribution in [1.29, 1.82) is 0 Å². The summed E-state index contributed by atoms with van der Waals surface area (Å²) in [5, 5.41) is 0.126. The molecular weight excluding hydrogens is 1480 g/mol. The minimum Gasteiger partial charge on any atom is -0.455 e. The van der Waals surface area contributed by atoms with Gasteiger partial charge in [-0.15, -0.1) is 17.8 Å². The Labute approximate surface area is 704 Å². The van der Waals surface area contributed by atoms with Gasteiger partial charge in [-0.3, -0.25) is 4.18 Å². The molecule has 1 aromatic carbocycles. The van der Waals surface area contributed by atoms with Gasteiger partial charge in [-0.05, 0) is 191 Å². The molecule has 6 heterocycles. The molecule has 0 N–H and O–H groups in total. The minimum absolute atomic E-state index is 0. The molecule has 0 aliphatic carbocycles. The van der Waals surface area contributed by atoms with Crippen LogP contribution >= 0.6 is 0 Å². The van der Waals surface area contributed by atoms with Crippen LogP contribution in [-0.4, -0.2) is 142 Å². The van der Waals surface area contributed by atoms with Crippen molar-refractivity contribution < 1.29 is 74.0 Å². The van der Waals surface area contributed by atoms with Crippen LogP contribution in [0, 0.1) is 54.3 Å². The van der Waals surface area contributed by atoms with E-state index in [-0.39, 0.29) is 129 Å². The first-order valence-corrected chi connectivity index (χ1v) is 49.8. The van der Waals surface area contributed by atoms with Gasteiger partial charge in [-0.1, -0.05) is 229 Å². The van der Waals surface area contributed by atoms with E-state index >= 15 is 0 Å². The highest BCUT2D eigenvalue weighted by molar-refractivity contribution is 7.86. The highest BCUT2D eigenvalue weighted by Crippen LogP contribution is 2.41. The van der Waals surface area contributed by atoms with Crippen LogP contribution in [0.5, 0.6) is 0 Å². The standard InChI is InChI=1S/C48H80O9S.C47H80O7Si.2CH4/c1-7-8-9-10-11-12-13-15-20-37(3)44-29-31-46(55-44)47-32-30-45(56-47)38(4)21-18-19-23-41(57-58(50,51)43-27-25-36(2)26-28-43)22-16-14-17-24-42(53-35-52-6)34-40-33-39(5)54-48(40)49;1-11-12-13-14-15-16-17-19-24-36(2)42-29-31-44(52-42)45-32-30-43(53-45)37(3)25-22-23-27-40(54-55(9,10)47(5,6)7)26-20-18-21-28-41(50-35-49-8)34-39-33-38(4)51-46(39)48;;/h25-28,33,37-39,41-42,44-47H,7-24,29-32,34-35H2,1-6H3;33,36-38,40-45H,11-17,19-20,23-24,26-32,34-35H2,1-10H3;2*1H4/t37-,38?,39+,41?,42?,44?,45-,46-,47-;36-,37?,38+,40?,41?,42?,43-,44-,45-;;/m11../s1. The molecule has 0 amide bonds. The molecule has 4 fully saturated rings. The first-order valence-electron chi connectivity index (χ1n) is 45.5. The zero-order chi connectivity index (χ0) is 82.0. The number of benzene rings is 1. The maximum atomic E-state index is 13.3. The minimum atomic E-state index is -3.88. The largest absolute Gasteiger partial charge is 0.455 e. The molecule has 7 rings (SSSR count). The van der Waals surface area contributed by atoms with Crippen LogP contribution in [0.3, 0.4) is 0 Å². The van der Waals surface area contributed by atoms with E-state index in [1.165, 1.54) is 122 Å². The van der Waals surface area contributed by atoms with E-state index < -0.39 is 18.4 Å². The fourth-order valence-corrected chi connectivity index (χ4v) is 19.5. The summed E-state index contributed by atoms with van der Waals surface area (Å²) in [7, 11) is -2.66. The molecule has 1 aromatic rings.